The van der Waals surface area contributed by atoms with Gasteiger partial charge in [-0.25, -0.2) is 0 Å². The van der Waals surface area contributed by atoms with Gasteiger partial charge in [0.15, 0.2) is 23.1 Å². The number of Topliss-reactive ketones (excluding diaryl/α,β-unsaturated/α-hetero) is 1. The first-order chi connectivity index (χ1) is 46.5. The van der Waals surface area contributed by atoms with Crippen molar-refractivity contribution in [2.24, 2.45) is 58.3 Å². The zero-order valence-electron chi connectivity index (χ0n) is 54.9. The molecular weight excluding hydrogens is 1280 g/mol. The van der Waals surface area contributed by atoms with Crippen molar-refractivity contribution in [3.63, 3.8) is 0 Å². The van der Waals surface area contributed by atoms with Gasteiger partial charge in [-0.1, -0.05) is 141 Å². The second kappa shape index (κ2) is 29.0. The molecule has 4 fully saturated rings. The zero-order chi connectivity index (χ0) is 66.3. The first kappa shape index (κ1) is 67.7. The monoisotopic (exact) mass is 1370 g/mol. The van der Waals surface area contributed by atoms with Gasteiger partial charge in [0.2, 0.25) is 0 Å². The third kappa shape index (κ3) is 14.5. The molecule has 13 atom stereocenters. The number of nitrogens with two attached hydrogens (primary N) is 2. The lowest BCUT2D eigenvalue weighted by Gasteiger charge is -2.50. The SMILES string of the molecule is NC(N)c1cc2c3cc1CSSC[C@@H]1C[C@@]4(/C=C/C(=O)CCc5ccc(O)c(c5)OCCc5ccc(O)c(c5)[C@H]3CC(=O)c3cc[nH]c3CC#C2)CC[C@H]2C[C@@]3(O)C[C@@H]5CCC[C@H](CCc6ccc(cc6)CCc6ccc7c(c6)C[C@@H]2[C@@H](C5)[C@H](CSSC[C@]1(O)C4)[C@H]7CO)[C@H]3O. The summed E-state index contributed by atoms with van der Waals surface area (Å²) in [6.45, 7) is 0.230. The molecule has 1 aromatic heterocycles. The maximum Gasteiger partial charge on any atom is 0.165 e. The van der Waals surface area contributed by atoms with Gasteiger partial charge < -0.3 is 51.8 Å². The summed E-state index contributed by atoms with van der Waals surface area (Å²) in [6.07, 6.45) is 17.0. The van der Waals surface area contributed by atoms with E-state index in [1.807, 2.05) is 35.1 Å². The number of aromatic nitrogens is 1. The molecule has 0 unspecified atom stereocenters. The molecule has 5 aromatic carbocycles. The number of nitrogens with one attached hydrogen (secondary N) is 1. The summed E-state index contributed by atoms with van der Waals surface area (Å²) < 4.78 is 6.32. The van der Waals surface area contributed by atoms with E-state index in [-0.39, 0.29) is 96.5 Å². The number of aromatic hydroxyl groups is 2. The lowest BCUT2D eigenvalue weighted by molar-refractivity contribution is -0.149. The van der Waals surface area contributed by atoms with Gasteiger partial charge >= 0.3 is 0 Å². The molecule has 0 radical (unpaired) electrons. The van der Waals surface area contributed by atoms with E-state index in [0.29, 0.717) is 91.1 Å². The van der Waals surface area contributed by atoms with Gasteiger partial charge in [0.05, 0.1) is 43.1 Å². The fraction of sp³-hybridized carbons (Fsp3) is 0.500. The largest absolute Gasteiger partial charge is 0.508 e. The van der Waals surface area contributed by atoms with E-state index in [4.69, 9.17) is 16.2 Å². The molecule has 11 N–H and O–H groups in total. The van der Waals surface area contributed by atoms with E-state index in [0.717, 1.165) is 103 Å². The summed E-state index contributed by atoms with van der Waals surface area (Å²) >= 11 is 0. The maximum atomic E-state index is 14.6. The van der Waals surface area contributed by atoms with Crippen molar-refractivity contribution in [1.82, 2.24) is 4.98 Å². The molecule has 16 heteroatoms. The summed E-state index contributed by atoms with van der Waals surface area (Å²) in [7, 11) is 6.97. The highest BCUT2D eigenvalue weighted by Gasteiger charge is 2.56. The first-order valence-corrected chi connectivity index (χ1v) is 40.2. The predicted octanol–water partition coefficient (Wildman–Crippen LogP) is 13.8. The zero-order valence-corrected chi connectivity index (χ0v) is 58.2. The van der Waals surface area contributed by atoms with Crippen molar-refractivity contribution in [3.05, 3.63) is 193 Å². The topological polar surface area (TPSA) is 233 Å². The highest BCUT2D eigenvalue weighted by Crippen LogP contribution is 2.60. The van der Waals surface area contributed by atoms with Crippen molar-refractivity contribution in [2.75, 3.05) is 30.5 Å². The van der Waals surface area contributed by atoms with Crippen LogP contribution in [0, 0.1) is 58.7 Å². The number of carbonyl (C=O) groups is 2. The van der Waals surface area contributed by atoms with Gasteiger partial charge in [-0.3, -0.25) is 9.59 Å². The lowest BCUT2D eigenvalue weighted by Crippen LogP contribution is -2.53. The Morgan fingerprint density at radius 3 is 2.27 bits per heavy atom. The number of hydrogen-bond donors (Lipinski definition) is 9. The highest BCUT2D eigenvalue weighted by molar-refractivity contribution is 8.77. The van der Waals surface area contributed by atoms with E-state index in [1.54, 1.807) is 68.9 Å². The Morgan fingerprint density at radius 2 is 1.44 bits per heavy atom. The highest BCUT2D eigenvalue weighted by atomic mass is 33.1. The Kier molecular flexibility index (Phi) is 20.5. The van der Waals surface area contributed by atoms with Crippen LogP contribution in [0.15, 0.2) is 115 Å². The van der Waals surface area contributed by atoms with Crippen LogP contribution in [0.4, 0.5) is 0 Å². The molecule has 20 bridgehead atoms. The molecule has 1 spiro atoms. The van der Waals surface area contributed by atoms with E-state index >= 15 is 0 Å². The third-order valence-electron chi connectivity index (χ3n) is 23.8. The Balaban J connectivity index is 0.846. The molecule has 1 saturated heterocycles. The Labute approximate surface area is 581 Å². The number of benzene rings is 5. The molecule has 9 aliphatic rings. The summed E-state index contributed by atoms with van der Waals surface area (Å²) in [5.74, 6) is 9.12. The minimum absolute atomic E-state index is 0.0181. The number of carbonyl (C=O) groups excluding carboxylic acids is 2. The van der Waals surface area contributed by atoms with Crippen LogP contribution in [0.3, 0.4) is 0 Å². The number of fused-ring (bicyclic) bond motifs is 15. The number of hydrogen-bond acceptors (Lipinski definition) is 15. The normalized spacial score (nSPS) is 31.6. The van der Waals surface area contributed by atoms with Crippen molar-refractivity contribution in [1.29, 1.82) is 0 Å². The van der Waals surface area contributed by atoms with Crippen molar-refractivity contribution < 1.29 is 45.0 Å². The fourth-order valence-corrected chi connectivity index (χ4v) is 24.3. The van der Waals surface area contributed by atoms with Crippen LogP contribution >= 0.6 is 43.2 Å². The van der Waals surface area contributed by atoms with E-state index < -0.39 is 34.8 Å². The second-order valence-corrected chi connectivity index (χ2v) is 34.9. The Hall–Kier alpha value is -5.42. The number of aryl methyl sites for hydroxylation is 4. The molecule has 6 aromatic rings. The molecule has 2 aliphatic heterocycles. The first-order valence-electron chi connectivity index (χ1n) is 35.3. The summed E-state index contributed by atoms with van der Waals surface area (Å²) in [5.41, 5.74) is 23.3. The number of H-pyrrole nitrogens is 1. The van der Waals surface area contributed by atoms with E-state index in [9.17, 15) is 40.2 Å². The van der Waals surface area contributed by atoms with Crippen LogP contribution in [0.1, 0.15) is 184 Å². The van der Waals surface area contributed by atoms with Crippen LogP contribution < -0.4 is 16.2 Å². The van der Waals surface area contributed by atoms with Crippen LogP contribution in [-0.4, -0.2) is 95.0 Å². The molecule has 7 aliphatic carbocycles. The van der Waals surface area contributed by atoms with Gasteiger partial charge in [-0.05, 0) is 229 Å². The summed E-state index contributed by atoms with van der Waals surface area (Å²) in [4.78, 5) is 32.4. The minimum Gasteiger partial charge on any atom is -0.508 e. The van der Waals surface area contributed by atoms with Gasteiger partial charge in [0.25, 0.3) is 0 Å². The summed E-state index contributed by atoms with van der Waals surface area (Å²) in [6, 6.07) is 32.7. The number of ketones is 2. The third-order valence-corrected chi connectivity index (χ3v) is 28.8. The molecule has 506 valence electrons. The smallest absolute Gasteiger partial charge is 0.165 e. The second-order valence-electron chi connectivity index (χ2n) is 29.8. The fourth-order valence-electron chi connectivity index (χ4n) is 18.7. The molecular formula is C80H93N3O9S4. The van der Waals surface area contributed by atoms with E-state index in [1.165, 1.54) is 27.8 Å². The standard InChI is InChI=1S/C80H93N3O9S4/c81-77(82)65-35-55-5-2-6-71-62(25-29-83-71)74(88)38-67-63(55)37-58(65)43-93-94-44-59-41-78(28-24-60(85)19-14-51-17-22-73(87)75(34-51)92-30-26-52-16-21-72(86)68(67)32-52)27-23-56-40-79(90)39-53-3-1-4-54(76(79)89)18-13-49-9-7-48(8-10-49)11-12-50-15-20-61-57(31-50)36-64(56)66(33-53)70(69(61)42-84)45-95-96-47-80(59,91)46-78/h7-10,15-17,20-22,24-25,28-29,31-32,34-35,37,53-54,56,59,64,66-67,69-70,76-77,83-84,86-87,89-91H,1,3-4,6,11-14,18-19,23,26-27,30,33,36,38-47,81-82H2/b28-24+/t53-,54-,56+,59+,64+,66-,67+,69+,70+,76-,78+,79+,80-/m1/s1. The van der Waals surface area contributed by atoms with Gasteiger partial charge in [-0.15, -0.1) is 0 Å². The summed E-state index contributed by atoms with van der Waals surface area (Å²) in [5, 5.41) is 75.4. The van der Waals surface area contributed by atoms with Crippen LogP contribution in [-0.2, 0) is 55.5 Å². The lowest BCUT2D eigenvalue weighted by atomic mass is 9.58. The molecule has 96 heavy (non-hydrogen) atoms. The molecule has 12 nitrogen and oxygen atoms in total. The number of phenols is 2. The number of allylic oxidation sites excluding steroid dienone is 2. The van der Waals surface area contributed by atoms with Crippen LogP contribution in [0.2, 0.25) is 0 Å². The predicted molar refractivity (Wildman–Crippen MR) is 387 cm³/mol. The number of ether oxygens (including phenoxy) is 1. The number of aromatic amines is 1. The van der Waals surface area contributed by atoms with Gasteiger partial charge in [-0.2, -0.15) is 0 Å². The van der Waals surface area contributed by atoms with Crippen LogP contribution in [0.25, 0.3) is 0 Å². The average molecular weight is 1370 g/mol. The van der Waals surface area contributed by atoms with Gasteiger partial charge in [0.1, 0.15) is 5.75 Å². The number of rotatable bonds is 2. The van der Waals surface area contributed by atoms with E-state index in [2.05, 4.69) is 71.4 Å². The molecule has 0 amide bonds. The molecule has 15 rings (SSSR count). The number of phenolic OH excluding ortho intramolecular Hbond substituents is 2. The maximum absolute atomic E-state index is 14.6. The molecule has 3 saturated carbocycles. The number of aliphatic hydroxyl groups is 4. The van der Waals surface area contributed by atoms with Gasteiger partial charge in [0, 0.05) is 82.7 Å². The van der Waals surface area contributed by atoms with Crippen LogP contribution in [0.5, 0.6) is 17.2 Å². The Morgan fingerprint density at radius 1 is 0.677 bits per heavy atom. The minimum atomic E-state index is -1.32. The Bertz CT molecular complexity index is 3940. The average Bonchev–Trinajstić information content (AvgIpc) is 1.51. The van der Waals surface area contributed by atoms with Crippen molar-refractivity contribution >= 4 is 54.7 Å². The molecule has 3 heterocycles. The van der Waals surface area contributed by atoms with Crippen molar-refractivity contribution in [3.8, 4) is 29.1 Å². The van der Waals surface area contributed by atoms with Crippen molar-refractivity contribution in [2.45, 2.75) is 169 Å². The quantitative estimate of drug-likeness (QED) is 0.0446. The number of aliphatic hydroxyl groups excluding tert-OH is 2.